The summed E-state index contributed by atoms with van der Waals surface area (Å²) in [5, 5.41) is 9.05. The Balaban J connectivity index is 2.44. The summed E-state index contributed by atoms with van der Waals surface area (Å²) >= 11 is 0. The van der Waals surface area contributed by atoms with Crippen molar-refractivity contribution >= 4 is 0 Å². The molecule has 3 N–H and O–H groups in total. The van der Waals surface area contributed by atoms with Crippen molar-refractivity contribution in [1.29, 1.82) is 0 Å². The van der Waals surface area contributed by atoms with Crippen LogP contribution in [0.4, 0.5) is 0 Å². The molecular weight excluding hydrogens is 280 g/mol. The number of aromatic nitrogens is 1. The van der Waals surface area contributed by atoms with Gasteiger partial charge in [-0.05, 0) is 49.2 Å². The molecule has 0 unspecified atom stereocenters. The average molecular weight is 302 g/mol. The second kappa shape index (κ2) is 7.77. The van der Waals surface area contributed by atoms with Crippen molar-refractivity contribution in [2.75, 3.05) is 13.2 Å². The summed E-state index contributed by atoms with van der Waals surface area (Å²) in [6.07, 6.45) is 0.526. The van der Waals surface area contributed by atoms with Crippen LogP contribution in [0.25, 0.3) is 11.3 Å². The lowest BCUT2D eigenvalue weighted by Gasteiger charge is -2.14. The number of hydrogen-bond donors (Lipinski definition) is 2. The quantitative estimate of drug-likeness (QED) is 0.817. The molecule has 0 saturated carbocycles. The zero-order valence-electron chi connectivity index (χ0n) is 12.8. The van der Waals surface area contributed by atoms with Gasteiger partial charge in [-0.3, -0.25) is 4.79 Å². The van der Waals surface area contributed by atoms with Gasteiger partial charge in [0.15, 0.2) is 0 Å². The van der Waals surface area contributed by atoms with Gasteiger partial charge in [0.25, 0.3) is 5.56 Å². The molecule has 0 bridgehead atoms. The average Bonchev–Trinajstić information content (AvgIpc) is 2.54. The molecule has 2 aromatic rings. The highest BCUT2D eigenvalue weighted by Crippen LogP contribution is 2.22. The number of nitrogens with zero attached hydrogens (tertiary/aromatic N) is 1. The van der Waals surface area contributed by atoms with Crippen LogP contribution in [0, 0.1) is 0 Å². The molecule has 118 valence electrons. The number of nitrogens with two attached hydrogens (primary N) is 1. The van der Waals surface area contributed by atoms with E-state index in [9.17, 15) is 4.79 Å². The van der Waals surface area contributed by atoms with Crippen molar-refractivity contribution < 1.29 is 9.84 Å². The maximum atomic E-state index is 12.4. The molecule has 0 atom stereocenters. The third-order valence-corrected chi connectivity index (χ3v) is 3.47. The lowest BCUT2D eigenvalue weighted by atomic mass is 10.1. The Morgan fingerprint density at radius 1 is 1.18 bits per heavy atom. The lowest BCUT2D eigenvalue weighted by molar-refractivity contribution is 0.279. The van der Waals surface area contributed by atoms with E-state index in [0.717, 1.165) is 17.0 Å². The van der Waals surface area contributed by atoms with Gasteiger partial charge in [0.2, 0.25) is 0 Å². The highest BCUT2D eigenvalue weighted by Gasteiger charge is 2.10. The SMILES string of the molecule is CCOc1ccc(-c2ccc(CN)c(=O)n2CCCO)cc1. The summed E-state index contributed by atoms with van der Waals surface area (Å²) in [7, 11) is 0. The molecule has 1 heterocycles. The molecule has 2 rings (SSSR count). The molecular formula is C17H22N2O3. The van der Waals surface area contributed by atoms with Crippen molar-refractivity contribution in [2.45, 2.75) is 26.4 Å². The van der Waals surface area contributed by atoms with E-state index in [1.165, 1.54) is 0 Å². The monoisotopic (exact) mass is 302 g/mol. The number of rotatable bonds is 7. The lowest BCUT2D eigenvalue weighted by Crippen LogP contribution is -2.27. The molecule has 1 aromatic heterocycles. The minimum atomic E-state index is -0.0951. The first-order valence-electron chi connectivity index (χ1n) is 7.48. The van der Waals surface area contributed by atoms with Gasteiger partial charge < -0.3 is 20.1 Å². The molecule has 22 heavy (non-hydrogen) atoms. The molecule has 0 aliphatic rings. The van der Waals surface area contributed by atoms with Crippen molar-refractivity contribution in [3.8, 4) is 17.0 Å². The van der Waals surface area contributed by atoms with Crippen LogP contribution < -0.4 is 16.0 Å². The number of ether oxygens (including phenoxy) is 1. The Labute approximate surface area is 130 Å². The number of aliphatic hydroxyl groups excluding tert-OH is 1. The van der Waals surface area contributed by atoms with Gasteiger partial charge >= 0.3 is 0 Å². The predicted octanol–water partition coefficient (Wildman–Crippen LogP) is 1.76. The Hall–Kier alpha value is -2.11. The molecule has 0 saturated heterocycles. The van der Waals surface area contributed by atoms with Crippen molar-refractivity contribution in [2.24, 2.45) is 5.73 Å². The molecule has 5 nitrogen and oxygen atoms in total. The molecule has 5 heteroatoms. The van der Waals surface area contributed by atoms with Crippen LogP contribution in [0.5, 0.6) is 5.75 Å². The maximum absolute atomic E-state index is 12.4. The molecule has 0 radical (unpaired) electrons. The van der Waals surface area contributed by atoms with E-state index in [1.807, 2.05) is 37.3 Å². The predicted molar refractivity (Wildman–Crippen MR) is 86.9 cm³/mol. The van der Waals surface area contributed by atoms with E-state index >= 15 is 0 Å². The highest BCUT2D eigenvalue weighted by molar-refractivity contribution is 5.61. The number of hydrogen-bond acceptors (Lipinski definition) is 4. The second-order valence-electron chi connectivity index (χ2n) is 4.94. The van der Waals surface area contributed by atoms with Crippen LogP contribution in [0.1, 0.15) is 18.9 Å². The topological polar surface area (TPSA) is 77.5 Å². The Morgan fingerprint density at radius 2 is 1.91 bits per heavy atom. The molecule has 0 aliphatic heterocycles. The fraction of sp³-hybridized carbons (Fsp3) is 0.353. The largest absolute Gasteiger partial charge is 0.494 e. The Kier molecular flexibility index (Phi) is 5.75. The summed E-state index contributed by atoms with van der Waals surface area (Å²) in [6.45, 7) is 3.27. The summed E-state index contributed by atoms with van der Waals surface area (Å²) in [5.41, 5.74) is 7.84. The van der Waals surface area contributed by atoms with Crippen LogP contribution in [0.3, 0.4) is 0 Å². The summed E-state index contributed by atoms with van der Waals surface area (Å²) in [4.78, 5) is 12.4. The fourth-order valence-electron chi connectivity index (χ4n) is 2.37. The molecule has 0 amide bonds. The Morgan fingerprint density at radius 3 is 2.50 bits per heavy atom. The molecule has 0 aliphatic carbocycles. The van der Waals surface area contributed by atoms with Crippen LogP contribution in [0.2, 0.25) is 0 Å². The third kappa shape index (κ3) is 3.55. The summed E-state index contributed by atoms with van der Waals surface area (Å²) in [6, 6.07) is 11.3. The zero-order chi connectivity index (χ0) is 15.9. The number of benzene rings is 1. The third-order valence-electron chi connectivity index (χ3n) is 3.47. The van der Waals surface area contributed by atoms with E-state index in [0.29, 0.717) is 25.1 Å². The number of pyridine rings is 1. The second-order valence-corrected chi connectivity index (χ2v) is 4.94. The maximum Gasteiger partial charge on any atom is 0.255 e. The van der Waals surface area contributed by atoms with Crippen LogP contribution in [-0.4, -0.2) is 22.9 Å². The molecule has 0 fully saturated rings. The van der Waals surface area contributed by atoms with Gasteiger partial charge in [0.05, 0.1) is 12.3 Å². The van der Waals surface area contributed by atoms with Gasteiger partial charge in [-0.1, -0.05) is 6.07 Å². The van der Waals surface area contributed by atoms with E-state index in [-0.39, 0.29) is 18.7 Å². The minimum absolute atomic E-state index is 0.0437. The first-order chi connectivity index (χ1) is 10.7. The first kappa shape index (κ1) is 16.3. The Bertz CT molecular complexity index is 663. The van der Waals surface area contributed by atoms with E-state index in [2.05, 4.69) is 0 Å². The van der Waals surface area contributed by atoms with Crippen LogP contribution in [0.15, 0.2) is 41.2 Å². The van der Waals surface area contributed by atoms with Crippen molar-refractivity contribution in [3.63, 3.8) is 0 Å². The normalized spacial score (nSPS) is 10.7. The fourth-order valence-corrected chi connectivity index (χ4v) is 2.37. The van der Waals surface area contributed by atoms with Crippen LogP contribution in [-0.2, 0) is 13.1 Å². The van der Waals surface area contributed by atoms with Gasteiger partial charge in [-0.15, -0.1) is 0 Å². The van der Waals surface area contributed by atoms with E-state index in [4.69, 9.17) is 15.6 Å². The smallest absolute Gasteiger partial charge is 0.255 e. The van der Waals surface area contributed by atoms with Gasteiger partial charge in [-0.25, -0.2) is 0 Å². The van der Waals surface area contributed by atoms with E-state index < -0.39 is 0 Å². The standard InChI is InChI=1S/C17H22N2O3/c1-2-22-15-7-4-13(5-8-15)16-9-6-14(12-18)17(21)19(16)10-3-11-20/h4-9,20H,2-3,10-12,18H2,1H3. The van der Waals surface area contributed by atoms with Crippen molar-refractivity contribution in [1.82, 2.24) is 4.57 Å². The minimum Gasteiger partial charge on any atom is -0.494 e. The van der Waals surface area contributed by atoms with Gasteiger partial charge in [-0.2, -0.15) is 0 Å². The van der Waals surface area contributed by atoms with Crippen LogP contribution >= 0.6 is 0 Å². The van der Waals surface area contributed by atoms with Gasteiger partial charge in [0, 0.05) is 25.3 Å². The summed E-state index contributed by atoms with van der Waals surface area (Å²) in [5.74, 6) is 0.800. The molecule has 1 aromatic carbocycles. The summed E-state index contributed by atoms with van der Waals surface area (Å²) < 4.78 is 7.11. The van der Waals surface area contributed by atoms with E-state index in [1.54, 1.807) is 10.6 Å². The molecule has 0 spiro atoms. The van der Waals surface area contributed by atoms with Gasteiger partial charge in [0.1, 0.15) is 5.75 Å². The number of aliphatic hydroxyl groups is 1. The highest BCUT2D eigenvalue weighted by atomic mass is 16.5. The van der Waals surface area contributed by atoms with Crippen molar-refractivity contribution in [3.05, 3.63) is 52.3 Å². The zero-order valence-corrected chi connectivity index (χ0v) is 12.8. The first-order valence-corrected chi connectivity index (χ1v) is 7.48.